The molecule has 21 heavy (non-hydrogen) atoms. The molecule has 0 bridgehead atoms. The second-order valence-electron chi connectivity index (χ2n) is 5.13. The Balaban J connectivity index is 2.01. The summed E-state index contributed by atoms with van der Waals surface area (Å²) in [4.78, 5) is 0. The van der Waals surface area contributed by atoms with E-state index in [1.165, 1.54) is 11.1 Å². The van der Waals surface area contributed by atoms with E-state index in [1.54, 1.807) is 0 Å². The van der Waals surface area contributed by atoms with Gasteiger partial charge in [0.15, 0.2) is 0 Å². The molecule has 0 saturated heterocycles. The van der Waals surface area contributed by atoms with Crippen LogP contribution in [0.4, 0.5) is 0 Å². The number of halogens is 1. The van der Waals surface area contributed by atoms with Crippen LogP contribution in [0.1, 0.15) is 22.7 Å². The molecular formula is C17H20ClNOS. The first-order valence-corrected chi connectivity index (χ1v) is 8.78. The minimum atomic E-state index is -0.920. The summed E-state index contributed by atoms with van der Waals surface area (Å²) >= 11 is 5.86. The molecule has 0 radical (unpaired) electrons. The number of hydrogen-bond donors (Lipinski definition) is 1. The maximum Gasteiger partial charge on any atom is 0.0486 e. The van der Waals surface area contributed by atoms with Crippen LogP contribution in [0.5, 0.6) is 0 Å². The molecular weight excluding hydrogens is 302 g/mol. The van der Waals surface area contributed by atoms with Gasteiger partial charge >= 0.3 is 0 Å². The van der Waals surface area contributed by atoms with Gasteiger partial charge in [-0.15, -0.1) is 0 Å². The molecule has 2 nitrogen and oxygen atoms in total. The van der Waals surface area contributed by atoms with Crippen molar-refractivity contribution in [3.05, 3.63) is 70.2 Å². The van der Waals surface area contributed by atoms with Gasteiger partial charge in [0.05, 0.1) is 0 Å². The van der Waals surface area contributed by atoms with Gasteiger partial charge in [0.2, 0.25) is 0 Å². The Kier molecular flexibility index (Phi) is 5.97. The molecule has 112 valence electrons. The lowest BCUT2D eigenvalue weighted by atomic mass is 10.1. The highest BCUT2D eigenvalue weighted by molar-refractivity contribution is 7.84. The zero-order valence-corrected chi connectivity index (χ0v) is 13.9. The summed E-state index contributed by atoms with van der Waals surface area (Å²) in [6.07, 6.45) is 0. The predicted molar refractivity (Wildman–Crippen MR) is 91.1 cm³/mol. The van der Waals surface area contributed by atoms with Crippen molar-refractivity contribution in [3.8, 4) is 0 Å². The van der Waals surface area contributed by atoms with Gasteiger partial charge in [0, 0.05) is 33.4 Å². The van der Waals surface area contributed by atoms with E-state index in [0.717, 1.165) is 5.56 Å². The van der Waals surface area contributed by atoms with E-state index < -0.39 is 10.8 Å². The summed E-state index contributed by atoms with van der Waals surface area (Å²) in [5, 5.41) is 3.96. The van der Waals surface area contributed by atoms with Gasteiger partial charge < -0.3 is 5.32 Å². The number of benzene rings is 2. The largest absolute Gasteiger partial charge is 0.312 e. The zero-order valence-electron chi connectivity index (χ0n) is 12.3. The van der Waals surface area contributed by atoms with E-state index in [0.29, 0.717) is 16.5 Å². The molecule has 0 heterocycles. The molecule has 4 heteroatoms. The topological polar surface area (TPSA) is 29.1 Å². The molecule has 2 unspecified atom stereocenters. The summed E-state index contributed by atoms with van der Waals surface area (Å²) in [5.41, 5.74) is 3.45. The predicted octanol–water partition coefficient (Wildman–Crippen LogP) is 3.86. The Labute approximate surface area is 134 Å². The van der Waals surface area contributed by atoms with Gasteiger partial charge in [-0.05, 0) is 37.2 Å². The van der Waals surface area contributed by atoms with Crippen LogP contribution in [0.3, 0.4) is 0 Å². The standard InChI is InChI=1S/C17H20ClNOS/c1-13-4-3-5-15(10-13)17(19-2)12-21(20)11-14-6-8-16(18)9-7-14/h3-10,17,19H,11-12H2,1-2H3. The molecule has 0 aliphatic carbocycles. The van der Waals surface area contributed by atoms with Crippen molar-refractivity contribution in [2.45, 2.75) is 18.7 Å². The van der Waals surface area contributed by atoms with Crippen LogP contribution in [0.15, 0.2) is 48.5 Å². The Morgan fingerprint density at radius 3 is 2.52 bits per heavy atom. The fraction of sp³-hybridized carbons (Fsp3) is 0.294. The van der Waals surface area contributed by atoms with Gasteiger partial charge in [-0.25, -0.2) is 0 Å². The van der Waals surface area contributed by atoms with Gasteiger partial charge in [0.25, 0.3) is 0 Å². The highest BCUT2D eigenvalue weighted by Gasteiger charge is 2.13. The molecule has 0 aliphatic rings. The molecule has 0 aliphatic heterocycles. The monoisotopic (exact) mass is 321 g/mol. The second-order valence-corrected chi connectivity index (χ2v) is 7.07. The lowest BCUT2D eigenvalue weighted by Gasteiger charge is -2.17. The highest BCUT2D eigenvalue weighted by Crippen LogP contribution is 2.17. The number of aryl methyl sites for hydroxylation is 1. The van der Waals surface area contributed by atoms with E-state index in [9.17, 15) is 4.21 Å². The number of rotatable bonds is 6. The molecule has 2 aromatic carbocycles. The average molecular weight is 322 g/mol. The minimum Gasteiger partial charge on any atom is -0.312 e. The lowest BCUT2D eigenvalue weighted by molar-refractivity contribution is 0.635. The fourth-order valence-electron chi connectivity index (χ4n) is 2.24. The first kappa shape index (κ1) is 16.2. The first-order valence-electron chi connectivity index (χ1n) is 6.91. The Morgan fingerprint density at radius 2 is 1.90 bits per heavy atom. The highest BCUT2D eigenvalue weighted by atomic mass is 35.5. The summed E-state index contributed by atoms with van der Waals surface area (Å²) in [7, 11) is 0.989. The quantitative estimate of drug-likeness (QED) is 0.875. The third-order valence-corrected chi connectivity index (χ3v) is 5.00. The summed E-state index contributed by atoms with van der Waals surface area (Å²) < 4.78 is 12.4. The van der Waals surface area contributed by atoms with Gasteiger partial charge in [0.1, 0.15) is 0 Å². The van der Waals surface area contributed by atoms with Crippen molar-refractivity contribution in [2.75, 3.05) is 12.8 Å². The van der Waals surface area contributed by atoms with Gasteiger partial charge in [-0.2, -0.15) is 0 Å². The van der Waals surface area contributed by atoms with Crippen LogP contribution in [0.25, 0.3) is 0 Å². The molecule has 0 aromatic heterocycles. The van der Waals surface area contributed by atoms with Crippen LogP contribution < -0.4 is 5.32 Å². The van der Waals surface area contributed by atoms with Crippen molar-refractivity contribution in [3.63, 3.8) is 0 Å². The Morgan fingerprint density at radius 1 is 1.19 bits per heavy atom. The first-order chi connectivity index (χ1) is 10.1. The molecule has 0 saturated carbocycles. The molecule has 1 N–H and O–H groups in total. The van der Waals surface area contributed by atoms with E-state index in [4.69, 9.17) is 11.6 Å². The van der Waals surface area contributed by atoms with Crippen molar-refractivity contribution in [1.29, 1.82) is 0 Å². The average Bonchev–Trinajstić information content (AvgIpc) is 2.47. The van der Waals surface area contributed by atoms with Crippen molar-refractivity contribution in [1.82, 2.24) is 5.32 Å². The molecule has 0 fully saturated rings. The van der Waals surface area contributed by atoms with Gasteiger partial charge in [-0.3, -0.25) is 4.21 Å². The summed E-state index contributed by atoms with van der Waals surface area (Å²) in [6.45, 7) is 2.07. The van der Waals surface area contributed by atoms with Crippen LogP contribution in [0.2, 0.25) is 5.02 Å². The van der Waals surface area contributed by atoms with E-state index in [-0.39, 0.29) is 6.04 Å². The SMILES string of the molecule is CNC(CS(=O)Cc1ccc(Cl)cc1)c1cccc(C)c1. The van der Waals surface area contributed by atoms with E-state index in [1.807, 2.05) is 37.4 Å². The van der Waals surface area contributed by atoms with Crippen LogP contribution in [-0.2, 0) is 16.6 Å². The normalized spacial score (nSPS) is 13.9. The summed E-state index contributed by atoms with van der Waals surface area (Å²) in [5.74, 6) is 1.16. The van der Waals surface area contributed by atoms with Crippen LogP contribution in [0, 0.1) is 6.92 Å². The van der Waals surface area contributed by atoms with Crippen molar-refractivity contribution >= 4 is 22.4 Å². The molecule has 2 atom stereocenters. The van der Waals surface area contributed by atoms with E-state index in [2.05, 4.69) is 30.4 Å². The Bertz CT molecular complexity index is 612. The van der Waals surface area contributed by atoms with Crippen molar-refractivity contribution in [2.24, 2.45) is 0 Å². The maximum atomic E-state index is 12.4. The summed E-state index contributed by atoms with van der Waals surface area (Å²) in [6, 6.07) is 16.0. The lowest BCUT2D eigenvalue weighted by Crippen LogP contribution is -2.23. The van der Waals surface area contributed by atoms with Crippen LogP contribution in [-0.4, -0.2) is 17.0 Å². The Hall–Kier alpha value is -1.16. The molecule has 2 aromatic rings. The third-order valence-electron chi connectivity index (χ3n) is 3.39. The third kappa shape index (κ3) is 4.95. The molecule has 0 amide bonds. The minimum absolute atomic E-state index is 0.109. The number of nitrogens with one attached hydrogen (secondary N) is 1. The van der Waals surface area contributed by atoms with Gasteiger partial charge in [-0.1, -0.05) is 53.6 Å². The van der Waals surface area contributed by atoms with Crippen molar-refractivity contribution < 1.29 is 4.21 Å². The molecule has 0 spiro atoms. The number of hydrogen-bond acceptors (Lipinski definition) is 2. The maximum absolute atomic E-state index is 12.4. The fourth-order valence-corrected chi connectivity index (χ4v) is 3.78. The van der Waals surface area contributed by atoms with E-state index >= 15 is 0 Å². The smallest absolute Gasteiger partial charge is 0.0486 e. The van der Waals surface area contributed by atoms with Crippen LogP contribution >= 0.6 is 11.6 Å². The zero-order chi connectivity index (χ0) is 15.2. The second kappa shape index (κ2) is 7.74. The molecule has 2 rings (SSSR count).